The number of hydrogen-bond acceptors (Lipinski definition) is 6. The van der Waals surface area contributed by atoms with Crippen molar-refractivity contribution in [2.24, 2.45) is 5.41 Å². The number of likely N-dealkylation sites (tertiary alicyclic amines) is 1. The van der Waals surface area contributed by atoms with Gasteiger partial charge < -0.3 is 29.7 Å². The maximum absolute atomic E-state index is 13.5. The Morgan fingerprint density at radius 2 is 1.84 bits per heavy atom. The molecule has 0 aromatic heterocycles. The zero-order chi connectivity index (χ0) is 23.8. The number of amides is 3. The normalized spacial score (nSPS) is 33.4. The molecule has 1 heterocycles. The molecule has 9 heteroatoms. The number of methoxy groups -OCH3 is 1. The summed E-state index contributed by atoms with van der Waals surface area (Å²) < 4.78 is 15.9. The van der Waals surface area contributed by atoms with E-state index in [0.29, 0.717) is 19.8 Å². The first-order chi connectivity index (χ1) is 14.9. The molecule has 3 saturated carbocycles. The lowest BCUT2D eigenvalue weighted by atomic mass is 9.37. The van der Waals surface area contributed by atoms with E-state index in [2.05, 4.69) is 10.6 Å². The van der Waals surface area contributed by atoms with Gasteiger partial charge in [-0.3, -0.25) is 9.59 Å². The molecular weight excluding hydrogens is 414 g/mol. The van der Waals surface area contributed by atoms with Gasteiger partial charge in [0.25, 0.3) is 0 Å². The summed E-state index contributed by atoms with van der Waals surface area (Å²) in [6, 6.07) is -0.795. The average Bonchev–Trinajstić information content (AvgIpc) is 2.86. The molecule has 3 aliphatic carbocycles. The SMILES string of the molecule is CCOCCC12CC(N3C(=O)[C@H](NC(=O)OC(C)(C)C)CC3(C)C(=O)NCCOC)(C1)C2. The van der Waals surface area contributed by atoms with Crippen LogP contribution in [0.25, 0.3) is 0 Å². The van der Waals surface area contributed by atoms with Crippen LogP contribution in [-0.4, -0.2) is 79.0 Å². The third-order valence-electron chi connectivity index (χ3n) is 6.95. The second kappa shape index (κ2) is 8.82. The first kappa shape index (κ1) is 24.8. The first-order valence-electron chi connectivity index (χ1n) is 11.6. The van der Waals surface area contributed by atoms with Gasteiger partial charge >= 0.3 is 6.09 Å². The Labute approximate surface area is 190 Å². The minimum atomic E-state index is -1.04. The van der Waals surface area contributed by atoms with Crippen LogP contribution in [0.2, 0.25) is 0 Å². The van der Waals surface area contributed by atoms with E-state index in [4.69, 9.17) is 14.2 Å². The number of hydrogen-bond donors (Lipinski definition) is 2. The summed E-state index contributed by atoms with van der Waals surface area (Å²) in [5, 5.41) is 5.60. The summed E-state index contributed by atoms with van der Waals surface area (Å²) in [5.74, 6) is -0.428. The van der Waals surface area contributed by atoms with Crippen molar-refractivity contribution >= 4 is 17.9 Å². The number of nitrogens with one attached hydrogen (secondary N) is 2. The summed E-state index contributed by atoms with van der Waals surface area (Å²) in [6.07, 6.45) is 3.15. The van der Waals surface area contributed by atoms with Crippen LogP contribution >= 0.6 is 0 Å². The van der Waals surface area contributed by atoms with E-state index in [1.807, 2.05) is 6.92 Å². The van der Waals surface area contributed by atoms with Gasteiger partial charge in [0, 0.05) is 38.8 Å². The van der Waals surface area contributed by atoms with Crippen molar-refractivity contribution in [3.8, 4) is 0 Å². The predicted molar refractivity (Wildman–Crippen MR) is 118 cm³/mol. The van der Waals surface area contributed by atoms with Crippen molar-refractivity contribution in [2.45, 2.75) is 89.4 Å². The van der Waals surface area contributed by atoms with Crippen molar-refractivity contribution in [1.82, 2.24) is 15.5 Å². The number of nitrogens with zero attached hydrogens (tertiary/aromatic N) is 1. The molecule has 9 nitrogen and oxygen atoms in total. The summed E-state index contributed by atoms with van der Waals surface area (Å²) >= 11 is 0. The van der Waals surface area contributed by atoms with E-state index < -0.39 is 23.3 Å². The minimum Gasteiger partial charge on any atom is -0.444 e. The molecule has 2 atom stereocenters. The van der Waals surface area contributed by atoms with Gasteiger partial charge in [0.2, 0.25) is 11.8 Å². The molecule has 3 amide bonds. The minimum absolute atomic E-state index is 0.206. The summed E-state index contributed by atoms with van der Waals surface area (Å²) in [5.41, 5.74) is -1.83. The van der Waals surface area contributed by atoms with E-state index in [1.165, 1.54) is 0 Å². The Hall–Kier alpha value is -1.87. The summed E-state index contributed by atoms with van der Waals surface area (Å²) in [4.78, 5) is 40.9. The van der Waals surface area contributed by atoms with Crippen LogP contribution in [0.3, 0.4) is 0 Å². The van der Waals surface area contributed by atoms with E-state index in [-0.39, 0.29) is 29.2 Å². The van der Waals surface area contributed by atoms with Crippen molar-refractivity contribution in [1.29, 1.82) is 0 Å². The van der Waals surface area contributed by atoms with E-state index >= 15 is 0 Å². The second-order valence-electron chi connectivity index (χ2n) is 10.8. The van der Waals surface area contributed by atoms with Crippen molar-refractivity contribution in [3.63, 3.8) is 0 Å². The van der Waals surface area contributed by atoms with Crippen LogP contribution in [0.15, 0.2) is 0 Å². The van der Waals surface area contributed by atoms with Gasteiger partial charge in [0.05, 0.1) is 6.61 Å². The topological polar surface area (TPSA) is 106 Å². The molecule has 0 radical (unpaired) electrons. The van der Waals surface area contributed by atoms with Crippen LogP contribution < -0.4 is 10.6 Å². The molecule has 1 saturated heterocycles. The molecule has 4 fully saturated rings. The van der Waals surface area contributed by atoms with Crippen molar-refractivity contribution < 1.29 is 28.6 Å². The highest BCUT2D eigenvalue weighted by atomic mass is 16.6. The lowest BCUT2D eigenvalue weighted by Gasteiger charge is -2.75. The first-order valence-corrected chi connectivity index (χ1v) is 11.6. The van der Waals surface area contributed by atoms with Gasteiger partial charge in [-0.2, -0.15) is 0 Å². The van der Waals surface area contributed by atoms with Crippen molar-refractivity contribution in [2.75, 3.05) is 33.5 Å². The summed E-state index contributed by atoms with van der Waals surface area (Å²) in [6.45, 7) is 11.3. The highest BCUT2D eigenvalue weighted by Crippen LogP contribution is 2.73. The molecule has 182 valence electrons. The number of ether oxygens (including phenoxy) is 3. The third-order valence-corrected chi connectivity index (χ3v) is 6.95. The lowest BCUT2D eigenvalue weighted by Crippen LogP contribution is -2.79. The van der Waals surface area contributed by atoms with E-state index in [0.717, 1.165) is 32.3 Å². The quantitative estimate of drug-likeness (QED) is 0.490. The number of carbonyl (C=O) groups excluding carboxylic acids is 3. The van der Waals surface area contributed by atoms with Crippen LogP contribution in [0.4, 0.5) is 4.79 Å². The zero-order valence-electron chi connectivity index (χ0n) is 20.3. The fourth-order valence-electron chi connectivity index (χ4n) is 5.82. The largest absolute Gasteiger partial charge is 0.444 e. The molecular formula is C23H39N3O6. The monoisotopic (exact) mass is 453 g/mol. The van der Waals surface area contributed by atoms with Crippen LogP contribution in [0.5, 0.6) is 0 Å². The molecule has 1 aliphatic heterocycles. The van der Waals surface area contributed by atoms with E-state index in [9.17, 15) is 14.4 Å². The predicted octanol–water partition coefficient (Wildman–Crippen LogP) is 1.98. The van der Waals surface area contributed by atoms with Crippen molar-refractivity contribution in [3.05, 3.63) is 0 Å². The Bertz CT molecular complexity index is 729. The van der Waals surface area contributed by atoms with Gasteiger partial charge in [0.15, 0.2) is 0 Å². The maximum Gasteiger partial charge on any atom is 0.408 e. The smallest absolute Gasteiger partial charge is 0.408 e. The highest BCUT2D eigenvalue weighted by Gasteiger charge is 2.75. The zero-order valence-corrected chi connectivity index (χ0v) is 20.3. The van der Waals surface area contributed by atoms with Gasteiger partial charge in [-0.05, 0) is 65.7 Å². The molecule has 0 aromatic carbocycles. The molecule has 2 bridgehead atoms. The van der Waals surface area contributed by atoms with Crippen LogP contribution in [-0.2, 0) is 23.8 Å². The third kappa shape index (κ3) is 4.59. The van der Waals surface area contributed by atoms with Crippen LogP contribution in [0, 0.1) is 5.41 Å². The maximum atomic E-state index is 13.5. The molecule has 0 spiro atoms. The molecule has 1 unspecified atom stereocenters. The van der Waals surface area contributed by atoms with E-state index in [1.54, 1.807) is 39.7 Å². The van der Waals surface area contributed by atoms with Gasteiger partial charge in [-0.15, -0.1) is 0 Å². The number of alkyl carbamates (subject to hydrolysis) is 1. The van der Waals surface area contributed by atoms with Gasteiger partial charge in [-0.25, -0.2) is 4.79 Å². The fourth-order valence-corrected chi connectivity index (χ4v) is 5.82. The number of rotatable bonds is 10. The molecule has 4 aliphatic rings. The highest BCUT2D eigenvalue weighted by molar-refractivity contribution is 5.99. The standard InChI is InChI=1S/C23H39N3O6/c1-7-31-10-8-22-13-23(14-22,15-22)26-17(27)16(25-19(29)32-20(2,3)4)12-21(26,5)18(28)24-9-11-30-6/h16H,7-15H2,1-6H3,(H,24,28)(H,25,29)/t16-,21?,22?,23?/m1/s1. The summed E-state index contributed by atoms with van der Waals surface area (Å²) in [7, 11) is 1.57. The Morgan fingerprint density at radius 3 is 2.41 bits per heavy atom. The average molecular weight is 454 g/mol. The molecule has 2 N–H and O–H groups in total. The molecule has 4 rings (SSSR count). The Balaban J connectivity index is 1.74. The Kier molecular flexibility index (Phi) is 6.82. The van der Waals surface area contributed by atoms with Crippen LogP contribution in [0.1, 0.15) is 66.7 Å². The van der Waals surface area contributed by atoms with Gasteiger partial charge in [-0.1, -0.05) is 0 Å². The fraction of sp³-hybridized carbons (Fsp3) is 0.870. The molecule has 0 aromatic rings. The molecule has 32 heavy (non-hydrogen) atoms. The number of carbonyl (C=O) groups is 3. The second-order valence-corrected chi connectivity index (χ2v) is 10.8. The Morgan fingerprint density at radius 1 is 1.19 bits per heavy atom. The van der Waals surface area contributed by atoms with Gasteiger partial charge in [0.1, 0.15) is 17.2 Å². The lowest BCUT2D eigenvalue weighted by molar-refractivity contribution is -0.239.